The molecule has 6 heteroatoms. The average Bonchev–Trinajstić information content (AvgIpc) is 4.07. The number of hydrogen-bond acceptors (Lipinski definition) is 4. The fourth-order valence-electron chi connectivity index (χ4n) is 10.9. The van der Waals surface area contributed by atoms with E-state index in [1.807, 2.05) is 0 Å². The average molecular weight is 880 g/mol. The zero-order valence-electron chi connectivity index (χ0n) is 37.0. The van der Waals surface area contributed by atoms with Crippen molar-refractivity contribution in [1.29, 1.82) is 0 Å². The summed E-state index contributed by atoms with van der Waals surface area (Å²) in [6.45, 7) is 0. The minimum Gasteiger partial charge on any atom is -0.456 e. The quantitative estimate of drug-likeness (QED) is 0.173. The number of furan rings is 1. The Hall–Kier alpha value is -9.39. The van der Waals surface area contributed by atoms with Crippen molar-refractivity contribution in [2.75, 3.05) is 0 Å². The van der Waals surface area contributed by atoms with Gasteiger partial charge in [-0.05, 0) is 99.0 Å². The first-order valence-electron chi connectivity index (χ1n) is 23.3. The number of hydrogen-bond donors (Lipinski definition) is 0. The van der Waals surface area contributed by atoms with Crippen molar-refractivity contribution >= 4 is 97.9 Å². The zero-order valence-corrected chi connectivity index (χ0v) is 37.0. The van der Waals surface area contributed by atoms with Crippen LogP contribution >= 0.6 is 0 Å². The van der Waals surface area contributed by atoms with Gasteiger partial charge in [0.1, 0.15) is 11.2 Å². The predicted molar refractivity (Wildman–Crippen MR) is 285 cm³/mol. The molecule has 15 rings (SSSR count). The predicted octanol–water partition coefficient (Wildman–Crippen LogP) is 16.4. The molecule has 4 aromatic heterocycles. The van der Waals surface area contributed by atoms with Crippen LogP contribution in [0, 0.1) is 0 Å². The molecule has 320 valence electrons. The molecular formula is C63H37N5O. The molecule has 0 aliphatic heterocycles. The van der Waals surface area contributed by atoms with Crippen LogP contribution in [-0.2, 0) is 0 Å². The Balaban J connectivity index is 0.922. The molecule has 4 heterocycles. The minimum absolute atomic E-state index is 0.597. The SMILES string of the molecule is c1ccc(-n2c3ccccc3c3ccc(-c4nc(-c5ccc6ccc7oc8cc(-n9c%10ccccc%10c%10cc%11ccccc%11cc%109)ccc8c7c6c5)nc(-c5cccc6ccccc56)n4)cc32)cc1. The van der Waals surface area contributed by atoms with Crippen molar-refractivity contribution in [2.45, 2.75) is 0 Å². The van der Waals surface area contributed by atoms with E-state index in [0.717, 1.165) is 88.1 Å². The van der Waals surface area contributed by atoms with Crippen molar-refractivity contribution in [1.82, 2.24) is 24.1 Å². The molecule has 0 aliphatic carbocycles. The Kier molecular flexibility index (Phi) is 7.97. The van der Waals surface area contributed by atoms with Crippen LogP contribution in [0.3, 0.4) is 0 Å². The maximum absolute atomic E-state index is 6.78. The second-order valence-corrected chi connectivity index (χ2v) is 18.0. The van der Waals surface area contributed by atoms with Crippen LogP contribution in [0.2, 0.25) is 0 Å². The summed E-state index contributed by atoms with van der Waals surface area (Å²) in [5.41, 5.74) is 11.1. The molecule has 0 atom stereocenters. The van der Waals surface area contributed by atoms with Gasteiger partial charge in [-0.3, -0.25) is 0 Å². The minimum atomic E-state index is 0.597. The van der Waals surface area contributed by atoms with Gasteiger partial charge in [0.05, 0.1) is 22.1 Å². The molecule has 0 unspecified atom stereocenters. The molecule has 0 N–H and O–H groups in total. The highest BCUT2D eigenvalue weighted by atomic mass is 16.3. The van der Waals surface area contributed by atoms with Crippen LogP contribution in [0.1, 0.15) is 0 Å². The standard InChI is InChI=1S/C63H37N5O/c1-2-17-44(18-3-1)67-54-23-10-8-20-47(54)49-30-27-43(36-56(49)67)62-64-61(65-63(66-62)50-22-12-16-38-13-6-7-19-46(38)50)42-26-25-39-28-32-58-60(52(39)34-42)51-31-29-45(37-59(51)69-58)68-55-24-11-9-21-48(55)53-33-40-14-4-5-15-41(40)35-57(53)68/h1-37H. The Morgan fingerprint density at radius 2 is 0.855 bits per heavy atom. The van der Waals surface area contributed by atoms with E-state index in [4.69, 9.17) is 19.4 Å². The fraction of sp³-hybridized carbons (Fsp3) is 0. The van der Waals surface area contributed by atoms with Crippen molar-refractivity contribution in [3.63, 3.8) is 0 Å². The van der Waals surface area contributed by atoms with Crippen LogP contribution in [0.4, 0.5) is 0 Å². The first-order chi connectivity index (χ1) is 34.2. The lowest BCUT2D eigenvalue weighted by Gasteiger charge is -2.12. The van der Waals surface area contributed by atoms with Crippen molar-refractivity contribution in [2.24, 2.45) is 0 Å². The number of nitrogens with zero attached hydrogens (tertiary/aromatic N) is 5. The molecule has 0 spiro atoms. The lowest BCUT2D eigenvalue weighted by atomic mass is 10.0. The summed E-state index contributed by atoms with van der Waals surface area (Å²) in [5.74, 6) is 1.82. The highest BCUT2D eigenvalue weighted by Crippen LogP contribution is 2.41. The molecule has 0 radical (unpaired) electrons. The van der Waals surface area contributed by atoms with E-state index in [0.29, 0.717) is 17.5 Å². The molecule has 0 saturated carbocycles. The van der Waals surface area contributed by atoms with Gasteiger partial charge in [-0.15, -0.1) is 0 Å². The van der Waals surface area contributed by atoms with Crippen molar-refractivity contribution in [3.8, 4) is 45.5 Å². The first kappa shape index (κ1) is 37.8. The smallest absolute Gasteiger partial charge is 0.164 e. The molecule has 6 nitrogen and oxygen atoms in total. The van der Waals surface area contributed by atoms with E-state index in [-0.39, 0.29) is 0 Å². The summed E-state index contributed by atoms with van der Waals surface area (Å²) in [4.78, 5) is 15.9. The molecule has 0 saturated heterocycles. The summed E-state index contributed by atoms with van der Waals surface area (Å²) >= 11 is 0. The van der Waals surface area contributed by atoms with Gasteiger partial charge >= 0.3 is 0 Å². The highest BCUT2D eigenvalue weighted by Gasteiger charge is 2.20. The molecule has 15 aromatic rings. The van der Waals surface area contributed by atoms with Crippen LogP contribution in [0.5, 0.6) is 0 Å². The van der Waals surface area contributed by atoms with Gasteiger partial charge in [0.25, 0.3) is 0 Å². The van der Waals surface area contributed by atoms with Gasteiger partial charge in [0.2, 0.25) is 0 Å². The third kappa shape index (κ3) is 5.76. The second kappa shape index (κ2) is 14.6. The van der Waals surface area contributed by atoms with E-state index in [9.17, 15) is 0 Å². The van der Waals surface area contributed by atoms with Crippen LogP contribution in [0.25, 0.3) is 143 Å². The van der Waals surface area contributed by atoms with Gasteiger partial charge in [0.15, 0.2) is 17.5 Å². The van der Waals surface area contributed by atoms with Gasteiger partial charge < -0.3 is 13.6 Å². The summed E-state index contributed by atoms with van der Waals surface area (Å²) in [7, 11) is 0. The molecule has 0 amide bonds. The second-order valence-electron chi connectivity index (χ2n) is 18.0. The van der Waals surface area contributed by atoms with Crippen LogP contribution < -0.4 is 0 Å². The van der Waals surface area contributed by atoms with Gasteiger partial charge in [-0.1, -0.05) is 152 Å². The molecule has 69 heavy (non-hydrogen) atoms. The summed E-state index contributed by atoms with van der Waals surface area (Å²) in [6, 6.07) is 79.7. The Morgan fingerprint density at radius 1 is 0.290 bits per heavy atom. The normalized spacial score (nSPS) is 12.1. The monoisotopic (exact) mass is 879 g/mol. The third-order valence-corrected chi connectivity index (χ3v) is 14.1. The third-order valence-electron chi connectivity index (χ3n) is 14.1. The molecule has 0 aliphatic rings. The number of fused-ring (bicyclic) bond motifs is 13. The Morgan fingerprint density at radius 3 is 1.67 bits per heavy atom. The topological polar surface area (TPSA) is 61.7 Å². The molecule has 0 bridgehead atoms. The summed E-state index contributed by atoms with van der Waals surface area (Å²) in [5, 5.41) is 13.8. The number of para-hydroxylation sites is 3. The van der Waals surface area contributed by atoms with E-state index >= 15 is 0 Å². The largest absolute Gasteiger partial charge is 0.456 e. The zero-order chi connectivity index (χ0) is 45.2. The lowest BCUT2D eigenvalue weighted by molar-refractivity contribution is 0.669. The fourth-order valence-corrected chi connectivity index (χ4v) is 10.9. The van der Waals surface area contributed by atoms with Crippen molar-refractivity contribution in [3.05, 3.63) is 224 Å². The highest BCUT2D eigenvalue weighted by molar-refractivity contribution is 6.20. The van der Waals surface area contributed by atoms with Crippen LogP contribution in [-0.4, -0.2) is 24.1 Å². The van der Waals surface area contributed by atoms with Crippen LogP contribution in [0.15, 0.2) is 229 Å². The number of benzene rings is 11. The summed E-state index contributed by atoms with van der Waals surface area (Å²) in [6.07, 6.45) is 0. The molecular weight excluding hydrogens is 843 g/mol. The van der Waals surface area contributed by atoms with Gasteiger partial charge in [-0.2, -0.15) is 0 Å². The maximum Gasteiger partial charge on any atom is 0.164 e. The number of aromatic nitrogens is 5. The van der Waals surface area contributed by atoms with Gasteiger partial charge in [-0.25, -0.2) is 15.0 Å². The molecule has 11 aromatic carbocycles. The first-order valence-corrected chi connectivity index (χ1v) is 23.3. The Labute approximate surface area is 394 Å². The Bertz CT molecular complexity index is 4610. The van der Waals surface area contributed by atoms with E-state index in [2.05, 4.69) is 234 Å². The van der Waals surface area contributed by atoms with E-state index < -0.39 is 0 Å². The maximum atomic E-state index is 6.78. The molecule has 0 fully saturated rings. The van der Waals surface area contributed by atoms with E-state index in [1.165, 1.54) is 37.8 Å². The van der Waals surface area contributed by atoms with E-state index in [1.54, 1.807) is 0 Å². The lowest BCUT2D eigenvalue weighted by Crippen LogP contribution is -2.01. The van der Waals surface area contributed by atoms with Gasteiger partial charge in [0, 0.05) is 66.4 Å². The number of rotatable bonds is 5. The van der Waals surface area contributed by atoms with Crippen molar-refractivity contribution < 1.29 is 4.42 Å². The summed E-state index contributed by atoms with van der Waals surface area (Å²) < 4.78 is 11.5.